The highest BCUT2D eigenvalue weighted by atomic mass is 16.2. The van der Waals surface area contributed by atoms with Gasteiger partial charge in [0.2, 0.25) is 5.95 Å². The van der Waals surface area contributed by atoms with E-state index in [1.165, 1.54) is 0 Å². The van der Waals surface area contributed by atoms with Crippen LogP contribution >= 0.6 is 0 Å². The summed E-state index contributed by atoms with van der Waals surface area (Å²) >= 11 is 0. The van der Waals surface area contributed by atoms with Gasteiger partial charge in [0, 0.05) is 14.1 Å². The lowest BCUT2D eigenvalue weighted by molar-refractivity contribution is 0.101. The van der Waals surface area contributed by atoms with Crippen molar-refractivity contribution in [3.63, 3.8) is 0 Å². The summed E-state index contributed by atoms with van der Waals surface area (Å²) in [4.78, 5) is 16.7. The van der Waals surface area contributed by atoms with E-state index in [2.05, 4.69) is 15.4 Å². The van der Waals surface area contributed by atoms with E-state index in [0.29, 0.717) is 11.6 Å². The van der Waals surface area contributed by atoms with Crippen LogP contribution in [-0.2, 0) is 14.1 Å². The number of nitrogens with zero attached hydrogens (tertiary/aromatic N) is 4. The Kier molecular flexibility index (Phi) is 2.78. The summed E-state index contributed by atoms with van der Waals surface area (Å²) in [5.74, 6) is 0.307. The van der Waals surface area contributed by atoms with E-state index in [-0.39, 0.29) is 5.91 Å². The molecule has 3 aromatic rings. The zero-order valence-electron chi connectivity index (χ0n) is 11.6. The number of hydrogen-bond acceptors (Lipinski definition) is 3. The lowest BCUT2D eigenvalue weighted by atomic mass is 10.3. The average Bonchev–Trinajstić information content (AvgIpc) is 2.91. The Balaban J connectivity index is 1.95. The van der Waals surface area contributed by atoms with Crippen molar-refractivity contribution in [1.29, 1.82) is 0 Å². The smallest absolute Gasteiger partial charge is 0.276 e. The van der Waals surface area contributed by atoms with E-state index in [1.807, 2.05) is 42.8 Å². The molecule has 6 nitrogen and oxygen atoms in total. The molecule has 1 amide bonds. The number of para-hydroxylation sites is 2. The van der Waals surface area contributed by atoms with E-state index in [1.54, 1.807) is 17.8 Å². The molecule has 2 aromatic heterocycles. The van der Waals surface area contributed by atoms with E-state index < -0.39 is 0 Å². The highest BCUT2D eigenvalue weighted by Gasteiger charge is 2.15. The molecular weight excluding hydrogens is 254 g/mol. The summed E-state index contributed by atoms with van der Waals surface area (Å²) in [6.45, 7) is 1.85. The molecule has 20 heavy (non-hydrogen) atoms. The number of anilines is 1. The van der Waals surface area contributed by atoms with Gasteiger partial charge in [-0.25, -0.2) is 4.98 Å². The molecule has 0 bridgehead atoms. The van der Waals surface area contributed by atoms with Gasteiger partial charge in [0.1, 0.15) is 5.69 Å². The summed E-state index contributed by atoms with van der Waals surface area (Å²) in [6, 6.07) is 9.49. The van der Waals surface area contributed by atoms with Gasteiger partial charge in [-0.1, -0.05) is 12.1 Å². The van der Waals surface area contributed by atoms with Gasteiger partial charge in [0.25, 0.3) is 5.91 Å². The zero-order chi connectivity index (χ0) is 14.3. The fraction of sp³-hybridized carbons (Fsp3) is 0.214. The van der Waals surface area contributed by atoms with Crippen LogP contribution in [-0.4, -0.2) is 25.2 Å². The van der Waals surface area contributed by atoms with Crippen LogP contribution in [0.3, 0.4) is 0 Å². The van der Waals surface area contributed by atoms with Crippen LogP contribution < -0.4 is 5.32 Å². The lowest BCUT2D eigenvalue weighted by Gasteiger charge is -2.05. The largest absolute Gasteiger partial charge is 0.313 e. The summed E-state index contributed by atoms with van der Waals surface area (Å²) in [7, 11) is 3.62. The first-order valence-electron chi connectivity index (χ1n) is 6.29. The first-order valence-corrected chi connectivity index (χ1v) is 6.29. The van der Waals surface area contributed by atoms with Gasteiger partial charge in [-0.05, 0) is 25.1 Å². The normalized spacial score (nSPS) is 10.9. The van der Waals surface area contributed by atoms with Crippen molar-refractivity contribution in [1.82, 2.24) is 19.3 Å². The molecule has 0 atom stereocenters. The second kappa shape index (κ2) is 4.48. The number of imidazole rings is 1. The second-order valence-corrected chi connectivity index (χ2v) is 4.73. The topological polar surface area (TPSA) is 64.7 Å². The molecule has 0 aliphatic heterocycles. The minimum absolute atomic E-state index is 0.216. The molecule has 102 valence electrons. The highest BCUT2D eigenvalue weighted by Crippen LogP contribution is 2.18. The third-order valence-corrected chi connectivity index (χ3v) is 3.25. The molecule has 3 rings (SSSR count). The minimum Gasteiger partial charge on any atom is -0.313 e. The summed E-state index contributed by atoms with van der Waals surface area (Å²) in [5.41, 5.74) is 3.15. The Morgan fingerprint density at radius 3 is 2.65 bits per heavy atom. The van der Waals surface area contributed by atoms with Crippen LogP contribution in [0.25, 0.3) is 11.0 Å². The van der Waals surface area contributed by atoms with Crippen LogP contribution in [0.4, 0.5) is 5.95 Å². The Labute approximate surface area is 116 Å². The van der Waals surface area contributed by atoms with E-state index >= 15 is 0 Å². The zero-order valence-corrected chi connectivity index (χ0v) is 11.6. The number of rotatable bonds is 2. The summed E-state index contributed by atoms with van der Waals surface area (Å²) in [5, 5.41) is 6.99. The molecule has 0 unspecified atom stereocenters. The maximum atomic E-state index is 12.3. The molecule has 0 saturated heterocycles. The number of fused-ring (bicyclic) bond motifs is 1. The number of amides is 1. The third kappa shape index (κ3) is 1.95. The van der Waals surface area contributed by atoms with Gasteiger partial charge in [-0.15, -0.1) is 0 Å². The quantitative estimate of drug-likeness (QED) is 0.772. The van der Waals surface area contributed by atoms with Crippen LogP contribution in [0, 0.1) is 6.92 Å². The van der Waals surface area contributed by atoms with Gasteiger partial charge in [-0.2, -0.15) is 5.10 Å². The molecule has 0 fully saturated rings. The minimum atomic E-state index is -0.216. The predicted molar refractivity (Wildman–Crippen MR) is 76.6 cm³/mol. The summed E-state index contributed by atoms with van der Waals surface area (Å²) < 4.78 is 3.42. The third-order valence-electron chi connectivity index (χ3n) is 3.25. The monoisotopic (exact) mass is 269 g/mol. The van der Waals surface area contributed by atoms with Gasteiger partial charge in [0.15, 0.2) is 0 Å². The Bertz CT molecular complexity index is 799. The lowest BCUT2D eigenvalue weighted by Crippen LogP contribution is -2.18. The number of benzene rings is 1. The van der Waals surface area contributed by atoms with Crippen molar-refractivity contribution < 1.29 is 4.79 Å². The molecule has 1 aromatic carbocycles. The summed E-state index contributed by atoms with van der Waals surface area (Å²) in [6.07, 6.45) is 0. The van der Waals surface area contributed by atoms with Crippen molar-refractivity contribution in [2.24, 2.45) is 14.1 Å². The molecule has 1 N–H and O–H groups in total. The van der Waals surface area contributed by atoms with Crippen molar-refractivity contribution in [2.45, 2.75) is 6.92 Å². The number of carbonyl (C=O) groups excluding carboxylic acids is 1. The first kappa shape index (κ1) is 12.4. The number of aromatic nitrogens is 4. The van der Waals surface area contributed by atoms with Gasteiger partial charge in [-0.3, -0.25) is 14.8 Å². The Morgan fingerprint density at radius 1 is 1.25 bits per heavy atom. The predicted octanol–water partition coefficient (Wildman–Crippen LogP) is 1.87. The maximum absolute atomic E-state index is 12.3. The first-order chi connectivity index (χ1) is 9.56. The SMILES string of the molecule is Cc1cc(C(=O)Nc2nc3ccccc3n2C)n(C)n1. The second-order valence-electron chi connectivity index (χ2n) is 4.73. The van der Waals surface area contributed by atoms with E-state index in [0.717, 1.165) is 16.7 Å². The molecule has 6 heteroatoms. The van der Waals surface area contributed by atoms with Crippen LogP contribution in [0.2, 0.25) is 0 Å². The van der Waals surface area contributed by atoms with E-state index in [9.17, 15) is 4.79 Å². The van der Waals surface area contributed by atoms with Crippen LogP contribution in [0.15, 0.2) is 30.3 Å². The standard InChI is InChI=1S/C14H15N5O/c1-9-8-12(19(3)17-9)13(20)16-14-15-10-6-4-5-7-11(10)18(14)2/h4-8H,1-3H3,(H,15,16,20). The van der Waals surface area contributed by atoms with Crippen molar-refractivity contribution in [3.8, 4) is 0 Å². The molecule has 0 radical (unpaired) electrons. The van der Waals surface area contributed by atoms with Crippen molar-refractivity contribution in [2.75, 3.05) is 5.32 Å². The van der Waals surface area contributed by atoms with Gasteiger partial charge in [0.05, 0.1) is 16.7 Å². The molecular formula is C14H15N5O. The van der Waals surface area contributed by atoms with Gasteiger partial charge < -0.3 is 4.57 Å². The Morgan fingerprint density at radius 2 is 2.00 bits per heavy atom. The molecule has 0 spiro atoms. The Hall–Kier alpha value is -2.63. The number of aryl methyl sites for hydroxylation is 3. The maximum Gasteiger partial charge on any atom is 0.276 e. The van der Waals surface area contributed by atoms with Crippen LogP contribution in [0.1, 0.15) is 16.2 Å². The highest BCUT2D eigenvalue weighted by molar-refractivity contribution is 6.03. The van der Waals surface area contributed by atoms with Gasteiger partial charge >= 0.3 is 0 Å². The fourth-order valence-electron chi connectivity index (χ4n) is 2.25. The molecule has 0 aliphatic carbocycles. The molecule has 2 heterocycles. The number of carbonyl (C=O) groups is 1. The molecule has 0 saturated carbocycles. The number of hydrogen-bond donors (Lipinski definition) is 1. The average molecular weight is 269 g/mol. The van der Waals surface area contributed by atoms with Crippen molar-refractivity contribution in [3.05, 3.63) is 41.7 Å². The van der Waals surface area contributed by atoms with Crippen molar-refractivity contribution >= 4 is 22.9 Å². The fourth-order valence-corrected chi connectivity index (χ4v) is 2.25. The van der Waals surface area contributed by atoms with Crippen LogP contribution in [0.5, 0.6) is 0 Å². The molecule has 0 aliphatic rings. The van der Waals surface area contributed by atoms with E-state index in [4.69, 9.17) is 0 Å². The number of nitrogens with one attached hydrogen (secondary N) is 1.